The minimum absolute atomic E-state index is 0.0629. The van der Waals surface area contributed by atoms with Crippen LogP contribution >= 0.6 is 15.9 Å². The van der Waals surface area contributed by atoms with Crippen molar-refractivity contribution in [3.8, 4) is 0 Å². The Kier molecular flexibility index (Phi) is 4.17. The van der Waals surface area contributed by atoms with Crippen LogP contribution in [0.1, 0.15) is 21.7 Å². The maximum atomic E-state index is 12.7. The lowest BCUT2D eigenvalue weighted by Crippen LogP contribution is -2.23. The molecule has 0 fully saturated rings. The van der Waals surface area contributed by atoms with E-state index in [1.165, 1.54) is 18.4 Å². The Hall–Kier alpha value is -1.76. The number of carbonyl (C=O) groups is 1. The van der Waals surface area contributed by atoms with Gasteiger partial charge in [0.1, 0.15) is 5.76 Å². The molecule has 0 aliphatic heterocycles. The minimum Gasteiger partial charge on any atom is -0.467 e. The van der Waals surface area contributed by atoms with Crippen LogP contribution in [0.15, 0.2) is 45.5 Å². The molecule has 2 aromatic rings. The van der Waals surface area contributed by atoms with Gasteiger partial charge in [0.05, 0.1) is 18.4 Å². The fourth-order valence-corrected chi connectivity index (χ4v) is 2.04. The fraction of sp³-hybridized carbons (Fsp3) is 0.154. The van der Waals surface area contributed by atoms with Crippen molar-refractivity contribution in [2.75, 3.05) is 0 Å². The van der Waals surface area contributed by atoms with Crippen molar-refractivity contribution >= 4 is 21.8 Å². The predicted octanol–water partition coefficient (Wildman–Crippen LogP) is 3.99. The summed E-state index contributed by atoms with van der Waals surface area (Å²) in [6.07, 6.45) is -3.07. The van der Waals surface area contributed by atoms with E-state index in [0.717, 1.165) is 6.07 Å². The standard InChI is InChI=1S/C13H9BrF3NO2/c14-11-4-3-8(6-10(11)13(15,16)17)12(19)18-7-9-2-1-5-20-9/h1-6H,7H2,(H,18,19). The normalized spacial score (nSPS) is 11.4. The lowest BCUT2D eigenvalue weighted by molar-refractivity contribution is -0.138. The van der Waals surface area contributed by atoms with Gasteiger partial charge in [-0.05, 0) is 30.3 Å². The molecule has 1 heterocycles. The Morgan fingerprint density at radius 1 is 1.30 bits per heavy atom. The van der Waals surface area contributed by atoms with Crippen molar-refractivity contribution in [1.82, 2.24) is 5.32 Å². The smallest absolute Gasteiger partial charge is 0.417 e. The highest BCUT2D eigenvalue weighted by Crippen LogP contribution is 2.35. The molecule has 1 aromatic carbocycles. The van der Waals surface area contributed by atoms with E-state index < -0.39 is 17.6 Å². The van der Waals surface area contributed by atoms with Crippen molar-refractivity contribution in [1.29, 1.82) is 0 Å². The zero-order valence-electron chi connectivity index (χ0n) is 10.00. The summed E-state index contributed by atoms with van der Waals surface area (Å²) in [5, 5.41) is 2.48. The molecule has 0 saturated heterocycles. The van der Waals surface area contributed by atoms with Crippen molar-refractivity contribution in [3.05, 3.63) is 58.0 Å². The molecular weight excluding hydrogens is 339 g/mol. The van der Waals surface area contributed by atoms with Gasteiger partial charge in [0.25, 0.3) is 5.91 Å². The molecule has 7 heteroatoms. The number of halogens is 4. The summed E-state index contributed by atoms with van der Waals surface area (Å²) in [4.78, 5) is 11.8. The van der Waals surface area contributed by atoms with Gasteiger partial charge >= 0.3 is 6.18 Å². The monoisotopic (exact) mass is 347 g/mol. The first-order valence-electron chi connectivity index (χ1n) is 5.55. The Morgan fingerprint density at radius 2 is 2.05 bits per heavy atom. The van der Waals surface area contributed by atoms with Crippen molar-refractivity contribution in [3.63, 3.8) is 0 Å². The Labute approximate surface area is 120 Å². The Balaban J connectivity index is 2.14. The second-order valence-electron chi connectivity index (χ2n) is 3.95. The summed E-state index contributed by atoms with van der Waals surface area (Å²) in [5.74, 6) is -0.0779. The zero-order chi connectivity index (χ0) is 14.8. The molecule has 2 rings (SSSR count). The molecule has 0 radical (unpaired) electrons. The third-order valence-corrected chi connectivity index (χ3v) is 3.23. The van der Waals surface area contributed by atoms with Crippen LogP contribution in [0.4, 0.5) is 13.2 Å². The van der Waals surface area contributed by atoms with Crippen LogP contribution < -0.4 is 5.32 Å². The largest absolute Gasteiger partial charge is 0.467 e. The molecule has 0 saturated carbocycles. The number of furan rings is 1. The lowest BCUT2D eigenvalue weighted by atomic mass is 10.1. The van der Waals surface area contributed by atoms with Gasteiger partial charge in [-0.1, -0.05) is 15.9 Å². The molecule has 3 nitrogen and oxygen atoms in total. The van der Waals surface area contributed by atoms with E-state index >= 15 is 0 Å². The number of hydrogen-bond donors (Lipinski definition) is 1. The number of carbonyl (C=O) groups excluding carboxylic acids is 1. The first kappa shape index (κ1) is 14.6. The fourth-order valence-electron chi connectivity index (χ4n) is 1.57. The van der Waals surface area contributed by atoms with Gasteiger partial charge in [-0.25, -0.2) is 0 Å². The van der Waals surface area contributed by atoms with Crippen LogP contribution in [0.3, 0.4) is 0 Å². The molecule has 106 valence electrons. The second-order valence-corrected chi connectivity index (χ2v) is 4.81. The first-order chi connectivity index (χ1) is 9.38. The second kappa shape index (κ2) is 5.70. The van der Waals surface area contributed by atoms with E-state index in [1.54, 1.807) is 12.1 Å². The third-order valence-electron chi connectivity index (χ3n) is 2.54. The molecule has 0 unspecified atom stereocenters. The minimum atomic E-state index is -4.52. The van der Waals surface area contributed by atoms with Crippen LogP contribution in [0, 0.1) is 0 Å². The quantitative estimate of drug-likeness (QED) is 0.911. The molecule has 0 spiro atoms. The molecule has 1 aromatic heterocycles. The van der Waals surface area contributed by atoms with Crippen LogP contribution in [0.2, 0.25) is 0 Å². The maximum absolute atomic E-state index is 12.7. The summed E-state index contributed by atoms with van der Waals surface area (Å²) in [6.45, 7) is 0.114. The predicted molar refractivity (Wildman–Crippen MR) is 69.0 cm³/mol. The van der Waals surface area contributed by atoms with Gasteiger partial charge in [0, 0.05) is 10.0 Å². The van der Waals surface area contributed by atoms with E-state index in [1.807, 2.05) is 0 Å². The number of nitrogens with one attached hydrogen (secondary N) is 1. The highest BCUT2D eigenvalue weighted by molar-refractivity contribution is 9.10. The summed E-state index contributed by atoms with van der Waals surface area (Å²) in [6, 6.07) is 6.63. The van der Waals surface area contributed by atoms with E-state index in [2.05, 4.69) is 21.2 Å². The number of amides is 1. The number of hydrogen-bond acceptors (Lipinski definition) is 2. The summed E-state index contributed by atoms with van der Waals surface area (Å²) < 4.78 is 43.1. The van der Waals surface area contributed by atoms with Crippen LogP contribution in [-0.4, -0.2) is 5.91 Å². The van der Waals surface area contributed by atoms with Crippen LogP contribution in [0.5, 0.6) is 0 Å². The van der Waals surface area contributed by atoms with Gasteiger partial charge < -0.3 is 9.73 Å². The third kappa shape index (κ3) is 3.41. The lowest BCUT2D eigenvalue weighted by Gasteiger charge is -2.11. The number of benzene rings is 1. The van der Waals surface area contributed by atoms with Crippen molar-refractivity contribution in [2.45, 2.75) is 12.7 Å². The topological polar surface area (TPSA) is 42.2 Å². The van der Waals surface area contributed by atoms with Gasteiger partial charge in [-0.15, -0.1) is 0 Å². The molecule has 20 heavy (non-hydrogen) atoms. The first-order valence-corrected chi connectivity index (χ1v) is 6.34. The van der Waals surface area contributed by atoms with E-state index in [9.17, 15) is 18.0 Å². The van der Waals surface area contributed by atoms with Gasteiger partial charge in [-0.2, -0.15) is 13.2 Å². The van der Waals surface area contributed by atoms with Crippen molar-refractivity contribution < 1.29 is 22.4 Å². The van der Waals surface area contributed by atoms with Gasteiger partial charge in [0.15, 0.2) is 0 Å². The number of alkyl halides is 3. The van der Waals surface area contributed by atoms with Gasteiger partial charge in [0.2, 0.25) is 0 Å². The van der Waals surface area contributed by atoms with Crippen molar-refractivity contribution in [2.24, 2.45) is 0 Å². The van der Waals surface area contributed by atoms with E-state index in [0.29, 0.717) is 5.76 Å². The molecule has 0 bridgehead atoms. The average molecular weight is 348 g/mol. The molecule has 0 aliphatic rings. The zero-order valence-corrected chi connectivity index (χ0v) is 11.6. The molecule has 0 atom stereocenters. The highest BCUT2D eigenvalue weighted by Gasteiger charge is 2.33. The number of rotatable bonds is 3. The average Bonchev–Trinajstić information content (AvgIpc) is 2.88. The van der Waals surface area contributed by atoms with E-state index in [-0.39, 0.29) is 16.6 Å². The Morgan fingerprint density at radius 3 is 2.65 bits per heavy atom. The molecule has 1 N–H and O–H groups in total. The molecular formula is C13H9BrF3NO2. The molecule has 0 aliphatic carbocycles. The Bertz CT molecular complexity index is 609. The van der Waals surface area contributed by atoms with Gasteiger partial charge in [-0.3, -0.25) is 4.79 Å². The maximum Gasteiger partial charge on any atom is 0.417 e. The highest BCUT2D eigenvalue weighted by atomic mass is 79.9. The van der Waals surface area contributed by atoms with Crippen LogP contribution in [0.25, 0.3) is 0 Å². The summed E-state index contributed by atoms with van der Waals surface area (Å²) >= 11 is 2.82. The van der Waals surface area contributed by atoms with E-state index in [4.69, 9.17) is 4.42 Å². The SMILES string of the molecule is O=C(NCc1ccco1)c1ccc(Br)c(C(F)(F)F)c1. The van der Waals surface area contributed by atoms with Crippen LogP contribution in [-0.2, 0) is 12.7 Å². The summed E-state index contributed by atoms with van der Waals surface area (Å²) in [5.41, 5.74) is -0.949. The molecule has 1 amide bonds. The summed E-state index contributed by atoms with van der Waals surface area (Å²) in [7, 11) is 0.